The molecule has 0 amide bonds. The Morgan fingerprint density at radius 3 is 2.72 bits per heavy atom. The van der Waals surface area contributed by atoms with Gasteiger partial charge in [0.25, 0.3) is 0 Å². The van der Waals surface area contributed by atoms with E-state index in [-0.39, 0.29) is 11.6 Å². The highest BCUT2D eigenvalue weighted by Gasteiger charge is 2.04. The van der Waals surface area contributed by atoms with Gasteiger partial charge >= 0.3 is 0 Å². The van der Waals surface area contributed by atoms with Gasteiger partial charge in [0.05, 0.1) is 23.5 Å². The molecule has 0 unspecified atom stereocenters. The molecule has 2 aromatic rings. The second kappa shape index (κ2) is 4.88. The molecular formula is C13H13FN4. The van der Waals surface area contributed by atoms with E-state index in [4.69, 9.17) is 5.26 Å². The van der Waals surface area contributed by atoms with Crippen LogP contribution in [0.5, 0.6) is 0 Å². The lowest BCUT2D eigenvalue weighted by Crippen LogP contribution is -2.00. The molecule has 0 aliphatic carbocycles. The van der Waals surface area contributed by atoms with Crippen molar-refractivity contribution in [3.8, 4) is 6.07 Å². The molecule has 0 aliphatic heterocycles. The van der Waals surface area contributed by atoms with E-state index in [9.17, 15) is 4.39 Å². The van der Waals surface area contributed by atoms with Gasteiger partial charge in [-0.25, -0.2) is 4.39 Å². The minimum Gasteiger partial charge on any atom is -0.353 e. The van der Waals surface area contributed by atoms with Crippen molar-refractivity contribution < 1.29 is 4.39 Å². The van der Waals surface area contributed by atoms with Crippen LogP contribution in [-0.4, -0.2) is 9.78 Å². The van der Waals surface area contributed by atoms with Crippen molar-refractivity contribution in [2.75, 3.05) is 5.32 Å². The summed E-state index contributed by atoms with van der Waals surface area (Å²) >= 11 is 0. The Bertz CT molecular complexity index is 595. The second-order valence-electron chi connectivity index (χ2n) is 4.27. The van der Waals surface area contributed by atoms with Crippen LogP contribution < -0.4 is 5.32 Å². The van der Waals surface area contributed by atoms with Gasteiger partial charge in [-0.1, -0.05) is 0 Å². The maximum absolute atomic E-state index is 13.2. The number of nitriles is 1. The zero-order valence-electron chi connectivity index (χ0n) is 10.2. The summed E-state index contributed by atoms with van der Waals surface area (Å²) in [6.07, 6.45) is 3.50. The third-order valence-electron chi connectivity index (χ3n) is 2.45. The topological polar surface area (TPSA) is 53.6 Å². The van der Waals surface area contributed by atoms with Gasteiger partial charge in [0.1, 0.15) is 5.82 Å². The lowest BCUT2D eigenvalue weighted by atomic mass is 10.2. The summed E-state index contributed by atoms with van der Waals surface area (Å²) in [4.78, 5) is 0. The number of nitrogens with one attached hydrogen (secondary N) is 1. The fourth-order valence-electron chi connectivity index (χ4n) is 1.58. The number of benzene rings is 1. The van der Waals surface area contributed by atoms with Gasteiger partial charge in [0.2, 0.25) is 0 Å². The number of nitrogens with zero attached hydrogens (tertiary/aromatic N) is 3. The molecule has 1 N–H and O–H groups in total. The van der Waals surface area contributed by atoms with Crippen LogP contribution >= 0.6 is 0 Å². The summed E-state index contributed by atoms with van der Waals surface area (Å²) in [6.45, 7) is 4.04. The lowest BCUT2D eigenvalue weighted by Gasteiger charge is -2.05. The smallest absolute Gasteiger partial charge is 0.126 e. The van der Waals surface area contributed by atoms with Crippen LogP contribution in [0.25, 0.3) is 0 Å². The van der Waals surface area contributed by atoms with Crippen molar-refractivity contribution in [3.63, 3.8) is 0 Å². The minimum atomic E-state index is -0.437. The first kappa shape index (κ1) is 12.1. The lowest BCUT2D eigenvalue weighted by molar-refractivity contribution is 0.532. The Labute approximate surface area is 105 Å². The highest BCUT2D eigenvalue weighted by molar-refractivity contribution is 5.60. The molecule has 1 aromatic heterocycles. The monoisotopic (exact) mass is 244 g/mol. The van der Waals surface area contributed by atoms with E-state index in [1.165, 1.54) is 12.1 Å². The average Bonchev–Trinajstić information content (AvgIpc) is 2.76. The maximum atomic E-state index is 13.2. The van der Waals surface area contributed by atoms with Crippen molar-refractivity contribution in [1.82, 2.24) is 9.78 Å². The Hall–Kier alpha value is -2.35. The zero-order valence-corrected chi connectivity index (χ0v) is 10.2. The van der Waals surface area contributed by atoms with E-state index >= 15 is 0 Å². The Balaban J connectivity index is 2.23. The molecule has 1 aromatic carbocycles. The Morgan fingerprint density at radius 1 is 1.33 bits per heavy atom. The third kappa shape index (κ3) is 2.66. The van der Waals surface area contributed by atoms with Gasteiger partial charge in [-0.05, 0) is 32.0 Å². The number of hydrogen-bond acceptors (Lipinski definition) is 3. The van der Waals surface area contributed by atoms with Crippen molar-refractivity contribution in [1.29, 1.82) is 5.26 Å². The van der Waals surface area contributed by atoms with Crippen LogP contribution in [0.1, 0.15) is 25.5 Å². The fourth-order valence-corrected chi connectivity index (χ4v) is 1.58. The van der Waals surface area contributed by atoms with Crippen molar-refractivity contribution in [3.05, 3.63) is 42.0 Å². The van der Waals surface area contributed by atoms with Gasteiger partial charge < -0.3 is 5.32 Å². The number of anilines is 2. The highest BCUT2D eigenvalue weighted by atomic mass is 19.1. The minimum absolute atomic E-state index is 0.266. The van der Waals surface area contributed by atoms with Gasteiger partial charge in [-0.2, -0.15) is 10.4 Å². The number of halogens is 1. The largest absolute Gasteiger partial charge is 0.353 e. The summed E-state index contributed by atoms with van der Waals surface area (Å²) in [5, 5.41) is 16.0. The first-order valence-corrected chi connectivity index (χ1v) is 5.60. The molecule has 1 heterocycles. The highest BCUT2D eigenvalue weighted by Crippen LogP contribution is 2.19. The van der Waals surface area contributed by atoms with Crippen LogP contribution in [0.2, 0.25) is 0 Å². The third-order valence-corrected chi connectivity index (χ3v) is 2.45. The van der Waals surface area contributed by atoms with Crippen LogP contribution in [0.3, 0.4) is 0 Å². The molecule has 4 nitrogen and oxygen atoms in total. The Morgan fingerprint density at radius 2 is 2.11 bits per heavy atom. The van der Waals surface area contributed by atoms with Crippen LogP contribution in [0.4, 0.5) is 15.8 Å². The number of aromatic nitrogens is 2. The molecule has 18 heavy (non-hydrogen) atoms. The average molecular weight is 244 g/mol. The molecule has 0 bridgehead atoms. The molecule has 0 radical (unpaired) electrons. The zero-order chi connectivity index (χ0) is 13.1. The Kier molecular flexibility index (Phi) is 3.28. The van der Waals surface area contributed by atoms with Crippen LogP contribution in [0.15, 0.2) is 30.6 Å². The standard InChI is InChI=1S/C13H13FN4/c1-9(2)18-8-13(7-16-18)17-12-4-10(6-15)3-11(14)5-12/h3-5,7-9,17H,1-2H3. The summed E-state index contributed by atoms with van der Waals surface area (Å²) in [5.74, 6) is -0.437. The van der Waals surface area contributed by atoms with Gasteiger partial charge in [-0.15, -0.1) is 0 Å². The molecule has 0 saturated carbocycles. The first-order valence-electron chi connectivity index (χ1n) is 5.60. The van der Waals surface area contributed by atoms with Crippen molar-refractivity contribution in [2.24, 2.45) is 0 Å². The maximum Gasteiger partial charge on any atom is 0.126 e. The van der Waals surface area contributed by atoms with Gasteiger partial charge in [-0.3, -0.25) is 4.68 Å². The molecular weight excluding hydrogens is 231 g/mol. The molecule has 0 aliphatic rings. The molecule has 0 atom stereocenters. The molecule has 0 spiro atoms. The SMILES string of the molecule is CC(C)n1cc(Nc2cc(F)cc(C#N)c2)cn1. The van der Waals surface area contributed by atoms with E-state index in [1.807, 2.05) is 26.1 Å². The molecule has 0 fully saturated rings. The van der Waals surface area contributed by atoms with E-state index in [2.05, 4.69) is 10.4 Å². The number of rotatable bonds is 3. The molecule has 5 heteroatoms. The van der Waals surface area contributed by atoms with E-state index in [0.717, 1.165) is 5.69 Å². The quantitative estimate of drug-likeness (QED) is 0.901. The summed E-state index contributed by atoms with van der Waals surface area (Å²) in [5.41, 5.74) is 1.58. The van der Waals surface area contributed by atoms with Gasteiger partial charge in [0.15, 0.2) is 0 Å². The van der Waals surface area contributed by atoms with Crippen LogP contribution in [-0.2, 0) is 0 Å². The predicted octanol–water partition coefficient (Wildman–Crippen LogP) is 3.22. The normalized spacial score (nSPS) is 10.4. The van der Waals surface area contributed by atoms with E-state index in [1.54, 1.807) is 16.9 Å². The molecule has 2 rings (SSSR count). The first-order chi connectivity index (χ1) is 8.58. The molecule has 92 valence electrons. The van der Waals surface area contributed by atoms with Crippen molar-refractivity contribution in [2.45, 2.75) is 19.9 Å². The second-order valence-corrected chi connectivity index (χ2v) is 4.27. The summed E-state index contributed by atoms with van der Waals surface area (Å²) in [6, 6.07) is 6.31. The fraction of sp³-hybridized carbons (Fsp3) is 0.231. The summed E-state index contributed by atoms with van der Waals surface area (Å²) in [7, 11) is 0. The van der Waals surface area contributed by atoms with Gasteiger partial charge in [0, 0.05) is 17.9 Å². The summed E-state index contributed by atoms with van der Waals surface area (Å²) < 4.78 is 15.0. The van der Waals surface area contributed by atoms with E-state index in [0.29, 0.717) is 5.69 Å². The van der Waals surface area contributed by atoms with Crippen LogP contribution in [0, 0.1) is 17.1 Å². The molecule has 0 saturated heterocycles. The predicted molar refractivity (Wildman–Crippen MR) is 67.0 cm³/mol. The van der Waals surface area contributed by atoms with Crippen molar-refractivity contribution >= 4 is 11.4 Å². The number of hydrogen-bond donors (Lipinski definition) is 1. The van der Waals surface area contributed by atoms with E-state index < -0.39 is 5.82 Å².